The fourth-order valence-electron chi connectivity index (χ4n) is 2.20. The number of piperidine rings is 1. The molecule has 1 unspecified atom stereocenters. The van der Waals surface area contributed by atoms with Crippen LogP contribution in [0.1, 0.15) is 33.6 Å². The minimum absolute atomic E-state index is 0.227. The van der Waals surface area contributed by atoms with E-state index in [9.17, 15) is 8.42 Å². The summed E-state index contributed by atoms with van der Waals surface area (Å²) in [5.41, 5.74) is 0. The zero-order chi connectivity index (χ0) is 13.6. The van der Waals surface area contributed by atoms with E-state index < -0.39 is 10.0 Å². The third kappa shape index (κ3) is 4.19. The van der Waals surface area contributed by atoms with Gasteiger partial charge in [-0.15, -0.1) is 0 Å². The van der Waals surface area contributed by atoms with Crippen LogP contribution in [-0.2, 0) is 14.8 Å². The Balaban J connectivity index is 2.49. The molecule has 1 N–H and O–H groups in total. The van der Waals surface area contributed by atoms with Gasteiger partial charge in [0.1, 0.15) is 0 Å². The molecule has 1 heterocycles. The van der Waals surface area contributed by atoms with Gasteiger partial charge in [-0.3, -0.25) is 0 Å². The monoisotopic (exact) mass is 278 g/mol. The molecule has 1 aliphatic heterocycles. The van der Waals surface area contributed by atoms with Crippen molar-refractivity contribution >= 4 is 10.0 Å². The van der Waals surface area contributed by atoms with Crippen molar-refractivity contribution in [3.8, 4) is 0 Å². The molecule has 0 bridgehead atoms. The van der Waals surface area contributed by atoms with Crippen LogP contribution in [-0.4, -0.2) is 56.9 Å². The van der Waals surface area contributed by atoms with Crippen molar-refractivity contribution in [1.29, 1.82) is 0 Å². The van der Waals surface area contributed by atoms with Crippen LogP contribution in [0, 0.1) is 0 Å². The molecule has 1 rings (SSSR count). The molecule has 0 amide bonds. The molecule has 6 heteroatoms. The van der Waals surface area contributed by atoms with E-state index in [-0.39, 0.29) is 11.4 Å². The van der Waals surface area contributed by atoms with Crippen LogP contribution in [0.4, 0.5) is 0 Å². The average molecular weight is 278 g/mol. The van der Waals surface area contributed by atoms with E-state index in [4.69, 9.17) is 4.74 Å². The lowest BCUT2D eigenvalue weighted by Crippen LogP contribution is -2.46. The van der Waals surface area contributed by atoms with E-state index in [1.807, 2.05) is 13.8 Å². The second-order valence-electron chi connectivity index (χ2n) is 4.72. The predicted molar refractivity (Wildman–Crippen MR) is 73.1 cm³/mol. The predicted octanol–water partition coefficient (Wildman–Crippen LogP) is 0.815. The van der Waals surface area contributed by atoms with E-state index in [0.29, 0.717) is 26.2 Å². The molecule has 1 atom stereocenters. The third-order valence-corrected chi connectivity index (χ3v) is 5.62. The highest BCUT2D eigenvalue weighted by atomic mass is 32.2. The number of nitrogens with zero attached hydrogens (tertiary/aromatic N) is 1. The lowest BCUT2D eigenvalue weighted by Gasteiger charge is -2.32. The zero-order valence-corrected chi connectivity index (χ0v) is 12.5. The van der Waals surface area contributed by atoms with Crippen molar-refractivity contribution < 1.29 is 13.2 Å². The molecule has 0 radical (unpaired) electrons. The lowest BCUT2D eigenvalue weighted by molar-refractivity contribution is 0.0289. The van der Waals surface area contributed by atoms with Crippen LogP contribution in [0.2, 0.25) is 0 Å². The van der Waals surface area contributed by atoms with Gasteiger partial charge in [-0.05, 0) is 33.2 Å². The summed E-state index contributed by atoms with van der Waals surface area (Å²) in [6, 6.07) is 0. The van der Waals surface area contributed by atoms with Crippen molar-refractivity contribution in [3.05, 3.63) is 0 Å². The fourth-order valence-corrected chi connectivity index (χ4v) is 3.75. The van der Waals surface area contributed by atoms with Crippen LogP contribution in [0.25, 0.3) is 0 Å². The Hall–Kier alpha value is -0.170. The number of ether oxygens (including phenoxy) is 1. The summed E-state index contributed by atoms with van der Waals surface area (Å²) in [6.45, 7) is 8.92. The molecule has 0 aromatic carbocycles. The molecule has 0 saturated carbocycles. The van der Waals surface area contributed by atoms with Crippen molar-refractivity contribution in [2.75, 3.05) is 32.8 Å². The van der Waals surface area contributed by atoms with Gasteiger partial charge in [0.2, 0.25) is 10.0 Å². The molecule has 0 spiro atoms. The van der Waals surface area contributed by atoms with Crippen LogP contribution < -0.4 is 5.32 Å². The standard InChI is InChI=1S/C12H26N2O3S/c1-4-13-10-11(3)18(15,16)14-8-6-12(7-9-14)17-5-2/h11-13H,4-10H2,1-3H3. The SMILES string of the molecule is CCNCC(C)S(=O)(=O)N1CCC(OCC)CC1. The normalized spacial score (nSPS) is 21.1. The zero-order valence-electron chi connectivity index (χ0n) is 11.7. The first-order chi connectivity index (χ1) is 8.52. The first-order valence-electron chi connectivity index (χ1n) is 6.83. The largest absolute Gasteiger partial charge is 0.378 e. The number of hydrogen-bond donors (Lipinski definition) is 1. The Morgan fingerprint density at radius 1 is 1.33 bits per heavy atom. The van der Waals surface area contributed by atoms with E-state index >= 15 is 0 Å². The molecular weight excluding hydrogens is 252 g/mol. The maximum Gasteiger partial charge on any atom is 0.217 e. The van der Waals surface area contributed by atoms with Gasteiger partial charge in [-0.2, -0.15) is 0 Å². The summed E-state index contributed by atoms with van der Waals surface area (Å²) in [6.07, 6.45) is 1.84. The Morgan fingerprint density at radius 2 is 1.94 bits per heavy atom. The van der Waals surface area contributed by atoms with Crippen molar-refractivity contribution in [2.24, 2.45) is 0 Å². The van der Waals surface area contributed by atoms with Gasteiger partial charge in [0.25, 0.3) is 0 Å². The number of rotatable bonds is 7. The van der Waals surface area contributed by atoms with Crippen molar-refractivity contribution in [1.82, 2.24) is 9.62 Å². The summed E-state index contributed by atoms with van der Waals surface area (Å²) in [5.74, 6) is 0. The van der Waals surface area contributed by atoms with Gasteiger partial charge in [-0.1, -0.05) is 6.92 Å². The topological polar surface area (TPSA) is 58.6 Å². The molecule has 18 heavy (non-hydrogen) atoms. The molecule has 1 fully saturated rings. The molecule has 0 aromatic heterocycles. The quantitative estimate of drug-likeness (QED) is 0.749. The fraction of sp³-hybridized carbons (Fsp3) is 1.00. The van der Waals surface area contributed by atoms with Crippen molar-refractivity contribution in [2.45, 2.75) is 45.0 Å². The van der Waals surface area contributed by atoms with Crippen molar-refractivity contribution in [3.63, 3.8) is 0 Å². The number of sulfonamides is 1. The van der Waals surface area contributed by atoms with E-state index in [0.717, 1.165) is 19.4 Å². The summed E-state index contributed by atoms with van der Waals surface area (Å²) >= 11 is 0. The molecule has 0 aromatic rings. The molecule has 108 valence electrons. The highest BCUT2D eigenvalue weighted by Crippen LogP contribution is 2.19. The third-order valence-electron chi connectivity index (χ3n) is 3.35. The van der Waals surface area contributed by atoms with Gasteiger partial charge >= 0.3 is 0 Å². The Morgan fingerprint density at radius 3 is 2.44 bits per heavy atom. The molecule has 5 nitrogen and oxygen atoms in total. The highest BCUT2D eigenvalue weighted by molar-refractivity contribution is 7.89. The number of hydrogen-bond acceptors (Lipinski definition) is 4. The van der Waals surface area contributed by atoms with Gasteiger partial charge in [-0.25, -0.2) is 12.7 Å². The average Bonchev–Trinajstić information content (AvgIpc) is 2.37. The summed E-state index contributed by atoms with van der Waals surface area (Å²) in [4.78, 5) is 0. The van der Waals surface area contributed by atoms with Crippen LogP contribution in [0.15, 0.2) is 0 Å². The maximum atomic E-state index is 12.3. The summed E-state index contributed by atoms with van der Waals surface area (Å²) in [5, 5.41) is 2.73. The Kier molecular flexibility index (Phi) is 6.55. The Bertz CT molecular complexity index is 324. The van der Waals surface area contributed by atoms with Crippen LogP contribution in [0.5, 0.6) is 0 Å². The van der Waals surface area contributed by atoms with Crippen LogP contribution >= 0.6 is 0 Å². The Labute approximate surface area is 111 Å². The minimum atomic E-state index is -3.16. The first kappa shape index (κ1) is 15.9. The first-order valence-corrected chi connectivity index (χ1v) is 8.34. The number of nitrogens with one attached hydrogen (secondary N) is 1. The summed E-state index contributed by atoms with van der Waals surface area (Å²) < 4.78 is 31.8. The van der Waals surface area contributed by atoms with Gasteiger partial charge < -0.3 is 10.1 Å². The molecular formula is C12H26N2O3S. The highest BCUT2D eigenvalue weighted by Gasteiger charge is 2.31. The van der Waals surface area contributed by atoms with Gasteiger partial charge in [0, 0.05) is 26.2 Å². The maximum absolute atomic E-state index is 12.3. The molecule has 1 aliphatic rings. The molecule has 0 aliphatic carbocycles. The van der Waals surface area contributed by atoms with E-state index in [1.165, 1.54) is 0 Å². The van der Waals surface area contributed by atoms with Gasteiger partial charge in [0.05, 0.1) is 11.4 Å². The van der Waals surface area contributed by atoms with Crippen LogP contribution in [0.3, 0.4) is 0 Å². The minimum Gasteiger partial charge on any atom is -0.378 e. The smallest absolute Gasteiger partial charge is 0.217 e. The second-order valence-corrected chi connectivity index (χ2v) is 7.07. The van der Waals surface area contributed by atoms with E-state index in [1.54, 1.807) is 11.2 Å². The second kappa shape index (κ2) is 7.43. The van der Waals surface area contributed by atoms with Gasteiger partial charge in [0.15, 0.2) is 0 Å². The lowest BCUT2D eigenvalue weighted by atomic mass is 10.1. The molecule has 1 saturated heterocycles. The summed E-state index contributed by atoms with van der Waals surface area (Å²) in [7, 11) is -3.16. The van der Waals surface area contributed by atoms with E-state index in [2.05, 4.69) is 5.32 Å².